The van der Waals surface area contributed by atoms with Gasteiger partial charge in [0.2, 0.25) is 5.91 Å². The highest BCUT2D eigenvalue weighted by Gasteiger charge is 2.31. The average Bonchev–Trinajstić information content (AvgIpc) is 2.37. The summed E-state index contributed by atoms with van der Waals surface area (Å²) in [6.45, 7) is 8.13. The van der Waals surface area contributed by atoms with Crippen molar-refractivity contribution in [3.05, 3.63) is 34.9 Å². The molecule has 1 N–H and O–H groups in total. The molecule has 3 nitrogen and oxygen atoms in total. The number of hydrogen-bond acceptors (Lipinski definition) is 2. The molecule has 1 amide bonds. The highest BCUT2D eigenvalue weighted by molar-refractivity contribution is 6.31. The molecule has 0 saturated carbocycles. The Kier molecular flexibility index (Phi) is 4.16. The van der Waals surface area contributed by atoms with E-state index in [9.17, 15) is 4.79 Å². The number of nitrogens with one attached hydrogen (secondary N) is 1. The van der Waals surface area contributed by atoms with Crippen molar-refractivity contribution in [2.24, 2.45) is 5.41 Å². The van der Waals surface area contributed by atoms with Crippen molar-refractivity contribution in [1.82, 2.24) is 10.2 Å². The van der Waals surface area contributed by atoms with Crippen LogP contribution < -0.4 is 5.32 Å². The highest BCUT2D eigenvalue weighted by Crippen LogP contribution is 2.27. The van der Waals surface area contributed by atoms with E-state index in [4.69, 9.17) is 11.6 Å². The first-order chi connectivity index (χ1) is 8.89. The minimum absolute atomic E-state index is 0.119. The summed E-state index contributed by atoms with van der Waals surface area (Å²) in [7, 11) is 0. The van der Waals surface area contributed by atoms with Crippen LogP contribution in [0.5, 0.6) is 0 Å². The molecule has 1 aromatic carbocycles. The van der Waals surface area contributed by atoms with Gasteiger partial charge in [-0.1, -0.05) is 50.6 Å². The van der Waals surface area contributed by atoms with E-state index >= 15 is 0 Å². The summed E-state index contributed by atoms with van der Waals surface area (Å²) in [5.41, 5.74) is 0.734. The van der Waals surface area contributed by atoms with E-state index in [1.165, 1.54) is 0 Å². The Morgan fingerprint density at radius 2 is 2.05 bits per heavy atom. The second kappa shape index (κ2) is 5.51. The number of benzene rings is 1. The first kappa shape index (κ1) is 14.4. The maximum Gasteiger partial charge on any atom is 0.228 e. The SMILES string of the molecule is CC(C)(C)C(=O)N1CCNC(c2ccccc2Cl)C1. The third kappa shape index (κ3) is 3.28. The van der Waals surface area contributed by atoms with Gasteiger partial charge in [0.1, 0.15) is 0 Å². The summed E-state index contributed by atoms with van der Waals surface area (Å²) in [6.07, 6.45) is 0. The zero-order chi connectivity index (χ0) is 14.0. The number of carbonyl (C=O) groups is 1. The minimum atomic E-state index is -0.331. The molecule has 0 radical (unpaired) electrons. The number of nitrogens with zero attached hydrogens (tertiary/aromatic N) is 1. The molecule has 1 atom stereocenters. The first-order valence-electron chi connectivity index (χ1n) is 6.67. The van der Waals surface area contributed by atoms with E-state index in [2.05, 4.69) is 5.32 Å². The van der Waals surface area contributed by atoms with Crippen molar-refractivity contribution >= 4 is 17.5 Å². The number of amides is 1. The van der Waals surface area contributed by atoms with E-state index in [0.717, 1.165) is 23.7 Å². The van der Waals surface area contributed by atoms with Crippen LogP contribution in [0.15, 0.2) is 24.3 Å². The largest absolute Gasteiger partial charge is 0.339 e. The van der Waals surface area contributed by atoms with Gasteiger partial charge in [0, 0.05) is 30.1 Å². The lowest BCUT2D eigenvalue weighted by Gasteiger charge is -2.37. The van der Waals surface area contributed by atoms with Crippen molar-refractivity contribution < 1.29 is 4.79 Å². The Labute approximate surface area is 119 Å². The molecule has 104 valence electrons. The zero-order valence-corrected chi connectivity index (χ0v) is 12.5. The number of carbonyl (C=O) groups excluding carboxylic acids is 1. The summed E-state index contributed by atoms with van der Waals surface area (Å²) < 4.78 is 0. The molecule has 0 aromatic heterocycles. The third-order valence-electron chi connectivity index (χ3n) is 3.38. The minimum Gasteiger partial charge on any atom is -0.339 e. The lowest BCUT2D eigenvalue weighted by atomic mass is 9.93. The molecular weight excluding hydrogens is 260 g/mol. The van der Waals surface area contributed by atoms with Crippen molar-refractivity contribution in [2.75, 3.05) is 19.6 Å². The van der Waals surface area contributed by atoms with Gasteiger partial charge in [-0.05, 0) is 11.6 Å². The Bertz CT molecular complexity index is 467. The van der Waals surface area contributed by atoms with Crippen molar-refractivity contribution in [2.45, 2.75) is 26.8 Å². The normalized spacial score (nSPS) is 20.4. The fourth-order valence-electron chi connectivity index (χ4n) is 2.37. The molecule has 0 bridgehead atoms. The van der Waals surface area contributed by atoms with Gasteiger partial charge < -0.3 is 10.2 Å². The molecule has 1 unspecified atom stereocenters. The second-order valence-corrected chi connectivity index (χ2v) is 6.44. The molecule has 19 heavy (non-hydrogen) atoms. The summed E-state index contributed by atoms with van der Waals surface area (Å²) in [5.74, 6) is 0.200. The molecule has 0 aliphatic carbocycles. The zero-order valence-electron chi connectivity index (χ0n) is 11.7. The molecule has 1 saturated heterocycles. The maximum atomic E-state index is 12.3. The number of rotatable bonds is 1. The van der Waals surface area contributed by atoms with Crippen LogP contribution in [0.1, 0.15) is 32.4 Å². The Morgan fingerprint density at radius 3 is 2.68 bits per heavy atom. The fraction of sp³-hybridized carbons (Fsp3) is 0.533. The topological polar surface area (TPSA) is 32.3 Å². The van der Waals surface area contributed by atoms with E-state index in [0.29, 0.717) is 6.54 Å². The van der Waals surface area contributed by atoms with Crippen LogP contribution in [0, 0.1) is 5.41 Å². The van der Waals surface area contributed by atoms with Crippen molar-refractivity contribution in [3.63, 3.8) is 0 Å². The van der Waals surface area contributed by atoms with Gasteiger partial charge >= 0.3 is 0 Å². The lowest BCUT2D eigenvalue weighted by Crippen LogP contribution is -2.51. The molecule has 1 heterocycles. The molecule has 1 fully saturated rings. The van der Waals surface area contributed by atoms with E-state index in [-0.39, 0.29) is 17.4 Å². The number of hydrogen-bond donors (Lipinski definition) is 1. The number of halogens is 1. The quantitative estimate of drug-likeness (QED) is 0.858. The maximum absolute atomic E-state index is 12.3. The van der Waals surface area contributed by atoms with Crippen molar-refractivity contribution in [1.29, 1.82) is 0 Å². The van der Waals surface area contributed by atoms with E-state index in [1.807, 2.05) is 49.9 Å². The van der Waals surface area contributed by atoms with Crippen LogP contribution in [-0.4, -0.2) is 30.4 Å². The summed E-state index contributed by atoms with van der Waals surface area (Å²) in [6, 6.07) is 7.93. The Morgan fingerprint density at radius 1 is 1.37 bits per heavy atom. The van der Waals surface area contributed by atoms with Crippen LogP contribution in [0.4, 0.5) is 0 Å². The predicted molar refractivity (Wildman–Crippen MR) is 78.2 cm³/mol. The summed E-state index contributed by atoms with van der Waals surface area (Å²) >= 11 is 6.23. The van der Waals surface area contributed by atoms with Crippen LogP contribution in [0.2, 0.25) is 5.02 Å². The fourth-order valence-corrected chi connectivity index (χ4v) is 2.64. The van der Waals surface area contributed by atoms with Crippen LogP contribution >= 0.6 is 11.6 Å². The van der Waals surface area contributed by atoms with Gasteiger partial charge in [0.25, 0.3) is 0 Å². The second-order valence-electron chi connectivity index (χ2n) is 6.03. The van der Waals surface area contributed by atoms with Gasteiger partial charge in [0.05, 0.1) is 6.04 Å². The van der Waals surface area contributed by atoms with Gasteiger partial charge in [-0.15, -0.1) is 0 Å². The van der Waals surface area contributed by atoms with Crippen LogP contribution in [0.25, 0.3) is 0 Å². The monoisotopic (exact) mass is 280 g/mol. The Hall–Kier alpha value is -1.06. The summed E-state index contributed by atoms with van der Waals surface area (Å²) in [4.78, 5) is 14.3. The van der Waals surface area contributed by atoms with Gasteiger partial charge in [-0.2, -0.15) is 0 Å². The number of piperazine rings is 1. The van der Waals surface area contributed by atoms with Gasteiger partial charge in [-0.25, -0.2) is 0 Å². The van der Waals surface area contributed by atoms with E-state index in [1.54, 1.807) is 0 Å². The predicted octanol–water partition coefficient (Wildman–Crippen LogP) is 2.86. The Balaban J connectivity index is 2.14. The molecule has 1 aliphatic rings. The highest BCUT2D eigenvalue weighted by atomic mass is 35.5. The molecule has 1 aromatic rings. The van der Waals surface area contributed by atoms with E-state index < -0.39 is 0 Å². The molecule has 2 rings (SSSR count). The average molecular weight is 281 g/mol. The first-order valence-corrected chi connectivity index (χ1v) is 7.04. The lowest BCUT2D eigenvalue weighted by molar-refractivity contribution is -0.140. The molecule has 4 heteroatoms. The molecule has 0 spiro atoms. The van der Waals surface area contributed by atoms with Crippen LogP contribution in [-0.2, 0) is 4.79 Å². The molecular formula is C15H21ClN2O. The standard InChI is InChI=1S/C15H21ClN2O/c1-15(2,3)14(19)18-9-8-17-13(10-18)11-6-4-5-7-12(11)16/h4-7,13,17H,8-10H2,1-3H3. The van der Waals surface area contributed by atoms with Crippen LogP contribution in [0.3, 0.4) is 0 Å². The summed E-state index contributed by atoms with van der Waals surface area (Å²) in [5, 5.41) is 4.19. The van der Waals surface area contributed by atoms with Gasteiger partial charge in [0.15, 0.2) is 0 Å². The third-order valence-corrected chi connectivity index (χ3v) is 3.73. The van der Waals surface area contributed by atoms with Gasteiger partial charge in [-0.3, -0.25) is 4.79 Å². The smallest absolute Gasteiger partial charge is 0.228 e. The van der Waals surface area contributed by atoms with Crippen molar-refractivity contribution in [3.8, 4) is 0 Å². The molecule has 1 aliphatic heterocycles.